The van der Waals surface area contributed by atoms with Crippen LogP contribution in [0.1, 0.15) is 17.4 Å². The van der Waals surface area contributed by atoms with Gasteiger partial charge in [0.05, 0.1) is 15.8 Å². The summed E-state index contributed by atoms with van der Waals surface area (Å²) in [5.74, 6) is -2.30. The van der Waals surface area contributed by atoms with Crippen LogP contribution in [0.3, 0.4) is 0 Å². The number of nitrogens with one attached hydrogen (secondary N) is 1. The number of nitrogens with zero attached hydrogens (tertiary/aromatic N) is 2. The van der Waals surface area contributed by atoms with Gasteiger partial charge in [-0.15, -0.1) is 0 Å². The normalized spacial score (nSPS) is 10.6. The number of hydrogen-bond donors (Lipinski definition) is 2. The number of aryl methyl sites for hydroxylation is 1. The van der Waals surface area contributed by atoms with E-state index in [0.29, 0.717) is 12.6 Å². The zero-order chi connectivity index (χ0) is 14.9. The van der Waals surface area contributed by atoms with Gasteiger partial charge in [0, 0.05) is 18.8 Å². The molecule has 1 heterocycles. The summed E-state index contributed by atoms with van der Waals surface area (Å²) in [7, 11) is 0. The Morgan fingerprint density at radius 2 is 2.15 bits per heavy atom. The van der Waals surface area contributed by atoms with Crippen molar-refractivity contribution in [2.24, 2.45) is 0 Å². The second kappa shape index (κ2) is 5.58. The van der Waals surface area contributed by atoms with Crippen LogP contribution in [0.15, 0.2) is 22.8 Å². The molecule has 20 heavy (non-hydrogen) atoms. The van der Waals surface area contributed by atoms with Crippen LogP contribution in [0, 0.1) is 11.6 Å². The molecular weight excluding hydrogens is 334 g/mol. The molecule has 0 fully saturated rings. The topological polar surface area (TPSA) is 72.9 Å². The largest absolute Gasteiger partial charge is 0.396 e. The van der Waals surface area contributed by atoms with Crippen LogP contribution in [-0.4, -0.2) is 15.7 Å². The molecule has 0 spiro atoms. The van der Waals surface area contributed by atoms with E-state index in [1.54, 1.807) is 0 Å². The van der Waals surface area contributed by atoms with Gasteiger partial charge >= 0.3 is 0 Å². The van der Waals surface area contributed by atoms with Gasteiger partial charge in [0.1, 0.15) is 11.6 Å². The molecule has 1 aromatic carbocycles. The molecule has 0 atom stereocenters. The fraction of sp³-hybridized carbons (Fsp3) is 0.167. The van der Waals surface area contributed by atoms with Gasteiger partial charge in [0.25, 0.3) is 5.91 Å². The van der Waals surface area contributed by atoms with Gasteiger partial charge in [-0.25, -0.2) is 8.78 Å². The fourth-order valence-corrected chi connectivity index (χ4v) is 1.92. The highest BCUT2D eigenvalue weighted by Gasteiger charge is 2.17. The van der Waals surface area contributed by atoms with Gasteiger partial charge in [-0.3, -0.25) is 9.48 Å². The lowest BCUT2D eigenvalue weighted by Gasteiger charge is -2.06. The van der Waals surface area contributed by atoms with E-state index in [9.17, 15) is 13.6 Å². The third-order valence-electron chi connectivity index (χ3n) is 2.59. The Labute approximate surface area is 121 Å². The summed E-state index contributed by atoms with van der Waals surface area (Å²) >= 11 is 2.92. The molecule has 1 aromatic heterocycles. The first-order valence-corrected chi connectivity index (χ1v) is 6.50. The fourth-order valence-electron chi connectivity index (χ4n) is 1.58. The number of anilines is 2. The molecule has 0 unspecified atom stereocenters. The molecule has 0 saturated heterocycles. The van der Waals surface area contributed by atoms with E-state index in [-0.39, 0.29) is 21.5 Å². The van der Waals surface area contributed by atoms with Crippen LogP contribution in [0.5, 0.6) is 0 Å². The highest BCUT2D eigenvalue weighted by atomic mass is 79.9. The van der Waals surface area contributed by atoms with Crippen LogP contribution < -0.4 is 11.1 Å². The lowest BCUT2D eigenvalue weighted by atomic mass is 10.2. The maximum Gasteiger partial charge on any atom is 0.278 e. The molecule has 0 aliphatic rings. The van der Waals surface area contributed by atoms with Crippen molar-refractivity contribution in [2.75, 3.05) is 11.1 Å². The van der Waals surface area contributed by atoms with E-state index in [4.69, 9.17) is 5.73 Å². The van der Waals surface area contributed by atoms with Crippen molar-refractivity contribution < 1.29 is 13.6 Å². The number of nitrogen functional groups attached to an aromatic ring is 1. The van der Waals surface area contributed by atoms with Gasteiger partial charge < -0.3 is 11.1 Å². The quantitative estimate of drug-likeness (QED) is 0.841. The second-order valence-electron chi connectivity index (χ2n) is 3.99. The average Bonchev–Trinajstić information content (AvgIpc) is 2.77. The summed E-state index contributed by atoms with van der Waals surface area (Å²) in [5, 5.41) is 6.27. The zero-order valence-corrected chi connectivity index (χ0v) is 12.0. The molecule has 0 saturated carbocycles. The summed E-state index contributed by atoms with van der Waals surface area (Å²) in [6.45, 7) is 2.39. The molecule has 0 bridgehead atoms. The van der Waals surface area contributed by atoms with E-state index >= 15 is 0 Å². The number of rotatable bonds is 3. The van der Waals surface area contributed by atoms with Crippen LogP contribution in [0.25, 0.3) is 0 Å². The van der Waals surface area contributed by atoms with Gasteiger partial charge in [-0.05, 0) is 28.9 Å². The number of aromatic nitrogens is 2. The monoisotopic (exact) mass is 344 g/mol. The first kappa shape index (κ1) is 14.4. The Hall–Kier alpha value is -1.96. The van der Waals surface area contributed by atoms with Crippen molar-refractivity contribution in [2.45, 2.75) is 13.5 Å². The van der Waals surface area contributed by atoms with Crippen LogP contribution in [0.2, 0.25) is 0 Å². The van der Waals surface area contributed by atoms with Crippen molar-refractivity contribution in [1.29, 1.82) is 0 Å². The summed E-state index contributed by atoms with van der Waals surface area (Å²) in [6, 6.07) is 1.81. The first-order chi connectivity index (χ1) is 9.42. The van der Waals surface area contributed by atoms with Gasteiger partial charge in [0.15, 0.2) is 5.69 Å². The second-order valence-corrected chi connectivity index (χ2v) is 4.84. The SMILES string of the molecule is CCn1cc(N)c(C(=O)Nc2cc(Br)c(F)cc2F)n1. The Balaban J connectivity index is 2.27. The van der Waals surface area contributed by atoms with Gasteiger partial charge in [0.2, 0.25) is 0 Å². The van der Waals surface area contributed by atoms with Crippen molar-refractivity contribution in [1.82, 2.24) is 9.78 Å². The lowest BCUT2D eigenvalue weighted by Crippen LogP contribution is -2.16. The number of carbonyl (C=O) groups excluding carboxylic acids is 1. The molecule has 5 nitrogen and oxygen atoms in total. The highest BCUT2D eigenvalue weighted by molar-refractivity contribution is 9.10. The molecule has 2 rings (SSSR count). The van der Waals surface area contributed by atoms with Crippen LogP contribution in [-0.2, 0) is 6.54 Å². The number of halogens is 3. The Morgan fingerprint density at radius 3 is 2.75 bits per heavy atom. The molecule has 0 aliphatic carbocycles. The molecule has 0 radical (unpaired) electrons. The van der Waals surface area contributed by atoms with E-state index in [0.717, 1.165) is 6.07 Å². The van der Waals surface area contributed by atoms with E-state index < -0.39 is 17.5 Å². The predicted molar refractivity (Wildman–Crippen MR) is 74.3 cm³/mol. The van der Waals surface area contributed by atoms with E-state index in [1.165, 1.54) is 10.9 Å². The zero-order valence-electron chi connectivity index (χ0n) is 10.5. The minimum Gasteiger partial charge on any atom is -0.396 e. The maximum absolute atomic E-state index is 13.5. The van der Waals surface area contributed by atoms with Gasteiger partial charge in [-0.1, -0.05) is 0 Å². The Bertz CT molecular complexity index is 672. The Kier molecular flexibility index (Phi) is 4.03. The first-order valence-electron chi connectivity index (χ1n) is 5.71. The van der Waals surface area contributed by atoms with Crippen molar-refractivity contribution in [3.8, 4) is 0 Å². The molecule has 3 N–H and O–H groups in total. The van der Waals surface area contributed by atoms with Crippen molar-refractivity contribution in [3.05, 3.63) is 40.1 Å². The van der Waals surface area contributed by atoms with E-state index in [1.807, 2.05) is 6.92 Å². The summed E-state index contributed by atoms with van der Waals surface area (Å²) < 4.78 is 28.2. The number of nitrogens with two attached hydrogens (primary N) is 1. The summed E-state index contributed by atoms with van der Waals surface area (Å²) in [5.41, 5.74) is 5.68. The molecule has 0 aliphatic heterocycles. The summed E-state index contributed by atoms with van der Waals surface area (Å²) in [6.07, 6.45) is 1.51. The van der Waals surface area contributed by atoms with Crippen LogP contribution >= 0.6 is 15.9 Å². The smallest absolute Gasteiger partial charge is 0.278 e. The maximum atomic E-state index is 13.5. The third kappa shape index (κ3) is 2.79. The van der Waals surface area contributed by atoms with Crippen LogP contribution in [0.4, 0.5) is 20.2 Å². The van der Waals surface area contributed by atoms with Crippen molar-refractivity contribution >= 4 is 33.2 Å². The Morgan fingerprint density at radius 1 is 1.45 bits per heavy atom. The minimum atomic E-state index is -0.882. The minimum absolute atomic E-state index is 0.00769. The summed E-state index contributed by atoms with van der Waals surface area (Å²) in [4.78, 5) is 12.0. The number of carbonyl (C=O) groups is 1. The standard InChI is InChI=1S/C12H11BrF2N4O/c1-2-19-5-9(16)11(18-19)12(20)17-10-3-6(13)7(14)4-8(10)15/h3-5H,2,16H2,1H3,(H,17,20). The highest BCUT2D eigenvalue weighted by Crippen LogP contribution is 2.24. The predicted octanol–water partition coefficient (Wildman–Crippen LogP) is 2.78. The average molecular weight is 345 g/mol. The third-order valence-corrected chi connectivity index (χ3v) is 3.19. The number of hydrogen-bond acceptors (Lipinski definition) is 3. The lowest BCUT2D eigenvalue weighted by molar-refractivity contribution is 0.102. The molecular formula is C12H11BrF2N4O. The van der Waals surface area contributed by atoms with Crippen molar-refractivity contribution in [3.63, 3.8) is 0 Å². The molecule has 2 aromatic rings. The molecule has 106 valence electrons. The molecule has 8 heteroatoms. The van der Waals surface area contributed by atoms with Gasteiger partial charge in [-0.2, -0.15) is 5.10 Å². The number of amides is 1. The molecule has 1 amide bonds. The van der Waals surface area contributed by atoms with E-state index in [2.05, 4.69) is 26.3 Å². The number of benzene rings is 1.